The molecule has 0 saturated carbocycles. The smallest absolute Gasteiger partial charge is 0.156 e. The van der Waals surface area contributed by atoms with Gasteiger partial charge in [-0.25, -0.2) is 8.42 Å². The molecule has 108 valence electrons. The first-order valence-corrected chi connectivity index (χ1v) is 8.67. The number of hydrogen-bond acceptors (Lipinski definition) is 4. The standard InChI is InChI=1S/C13H27NO3S/c1-11(2)6-7-14-9-12(3)18(15,16)10-13-5-4-8-17-13/h11-14H,4-10H2,1-3H3. The number of ether oxygens (including phenoxy) is 1. The van der Waals surface area contributed by atoms with Gasteiger partial charge in [-0.2, -0.15) is 0 Å². The average Bonchev–Trinajstić information content (AvgIpc) is 2.75. The van der Waals surface area contributed by atoms with E-state index in [2.05, 4.69) is 19.2 Å². The third-order valence-corrected chi connectivity index (χ3v) is 5.61. The molecule has 0 spiro atoms. The maximum atomic E-state index is 12.1. The first-order valence-electron chi connectivity index (χ1n) is 6.95. The molecule has 1 N–H and O–H groups in total. The quantitative estimate of drug-likeness (QED) is 0.685. The molecule has 2 atom stereocenters. The van der Waals surface area contributed by atoms with E-state index in [1.807, 2.05) is 0 Å². The van der Waals surface area contributed by atoms with Crippen molar-refractivity contribution in [1.82, 2.24) is 5.32 Å². The molecule has 0 amide bonds. The second kappa shape index (κ2) is 7.46. The van der Waals surface area contributed by atoms with E-state index in [0.29, 0.717) is 19.1 Å². The lowest BCUT2D eigenvalue weighted by Gasteiger charge is -2.17. The Kier molecular flexibility index (Phi) is 6.60. The van der Waals surface area contributed by atoms with Crippen LogP contribution in [0.5, 0.6) is 0 Å². The Balaban J connectivity index is 2.27. The van der Waals surface area contributed by atoms with E-state index >= 15 is 0 Å². The van der Waals surface area contributed by atoms with Crippen LogP contribution in [0.2, 0.25) is 0 Å². The number of nitrogens with one attached hydrogen (secondary N) is 1. The van der Waals surface area contributed by atoms with Crippen LogP contribution < -0.4 is 5.32 Å². The Labute approximate surface area is 111 Å². The molecule has 1 fully saturated rings. The zero-order valence-corrected chi connectivity index (χ0v) is 12.6. The molecule has 4 nitrogen and oxygen atoms in total. The molecule has 18 heavy (non-hydrogen) atoms. The lowest BCUT2D eigenvalue weighted by Crippen LogP contribution is -2.36. The van der Waals surface area contributed by atoms with Crippen LogP contribution in [0.15, 0.2) is 0 Å². The first kappa shape index (κ1) is 15.9. The molecule has 0 aromatic rings. The summed E-state index contributed by atoms with van der Waals surface area (Å²) >= 11 is 0. The number of hydrogen-bond donors (Lipinski definition) is 1. The fourth-order valence-electron chi connectivity index (χ4n) is 2.02. The molecule has 0 bridgehead atoms. The van der Waals surface area contributed by atoms with E-state index in [0.717, 1.165) is 25.8 Å². The van der Waals surface area contributed by atoms with Crippen molar-refractivity contribution >= 4 is 9.84 Å². The Bertz CT molecular complexity index is 321. The molecule has 1 aliphatic rings. The van der Waals surface area contributed by atoms with Crippen LogP contribution in [0.1, 0.15) is 40.0 Å². The van der Waals surface area contributed by atoms with Crippen molar-refractivity contribution < 1.29 is 13.2 Å². The maximum absolute atomic E-state index is 12.1. The summed E-state index contributed by atoms with van der Waals surface area (Å²) in [5.41, 5.74) is 0. The minimum atomic E-state index is -3.03. The normalized spacial score (nSPS) is 22.6. The summed E-state index contributed by atoms with van der Waals surface area (Å²) in [6, 6.07) is 0. The van der Waals surface area contributed by atoms with Crippen LogP contribution in [0.25, 0.3) is 0 Å². The van der Waals surface area contributed by atoms with Crippen LogP contribution >= 0.6 is 0 Å². The van der Waals surface area contributed by atoms with Gasteiger partial charge in [0, 0.05) is 13.2 Å². The van der Waals surface area contributed by atoms with Gasteiger partial charge in [-0.05, 0) is 38.6 Å². The zero-order chi connectivity index (χ0) is 13.6. The highest BCUT2D eigenvalue weighted by Crippen LogP contribution is 2.16. The summed E-state index contributed by atoms with van der Waals surface area (Å²) in [5.74, 6) is 0.830. The lowest BCUT2D eigenvalue weighted by atomic mass is 10.1. The van der Waals surface area contributed by atoms with Crippen LogP contribution in [0.4, 0.5) is 0 Å². The van der Waals surface area contributed by atoms with Gasteiger partial charge in [-0.15, -0.1) is 0 Å². The van der Waals surface area contributed by atoms with Crippen molar-refractivity contribution in [3.8, 4) is 0 Å². The molecule has 0 aromatic heterocycles. The lowest BCUT2D eigenvalue weighted by molar-refractivity contribution is 0.127. The molecule has 0 aliphatic carbocycles. The highest BCUT2D eigenvalue weighted by atomic mass is 32.2. The zero-order valence-electron chi connectivity index (χ0n) is 11.8. The van der Waals surface area contributed by atoms with Gasteiger partial charge in [0.25, 0.3) is 0 Å². The minimum absolute atomic E-state index is 0.0758. The molecule has 5 heteroatoms. The number of rotatable bonds is 8. The second-order valence-electron chi connectivity index (χ2n) is 5.66. The minimum Gasteiger partial charge on any atom is -0.377 e. The molecule has 1 heterocycles. The van der Waals surface area contributed by atoms with Crippen molar-refractivity contribution in [3.05, 3.63) is 0 Å². The predicted octanol–water partition coefficient (Wildman–Crippen LogP) is 1.60. The van der Waals surface area contributed by atoms with E-state index in [9.17, 15) is 8.42 Å². The van der Waals surface area contributed by atoms with Crippen molar-refractivity contribution in [2.24, 2.45) is 5.92 Å². The van der Waals surface area contributed by atoms with Crippen molar-refractivity contribution in [1.29, 1.82) is 0 Å². The van der Waals surface area contributed by atoms with E-state index in [1.54, 1.807) is 6.92 Å². The van der Waals surface area contributed by atoms with E-state index < -0.39 is 9.84 Å². The number of sulfone groups is 1. The van der Waals surface area contributed by atoms with Gasteiger partial charge in [-0.3, -0.25) is 0 Å². The fraction of sp³-hybridized carbons (Fsp3) is 1.00. The van der Waals surface area contributed by atoms with E-state index in [1.165, 1.54) is 0 Å². The van der Waals surface area contributed by atoms with Crippen LogP contribution in [0, 0.1) is 5.92 Å². The van der Waals surface area contributed by atoms with Gasteiger partial charge in [0.05, 0.1) is 17.1 Å². The topological polar surface area (TPSA) is 55.4 Å². The molecule has 1 aliphatic heterocycles. The third-order valence-electron chi connectivity index (χ3n) is 3.39. The van der Waals surface area contributed by atoms with Crippen LogP contribution in [-0.4, -0.2) is 45.2 Å². The maximum Gasteiger partial charge on any atom is 0.156 e. The first-order chi connectivity index (χ1) is 8.42. The SMILES string of the molecule is CC(C)CCNCC(C)S(=O)(=O)CC1CCCO1. The Morgan fingerprint density at radius 3 is 2.61 bits per heavy atom. The molecular weight excluding hydrogens is 250 g/mol. The Hall–Kier alpha value is -0.130. The largest absolute Gasteiger partial charge is 0.377 e. The van der Waals surface area contributed by atoms with Gasteiger partial charge >= 0.3 is 0 Å². The van der Waals surface area contributed by atoms with Crippen LogP contribution in [-0.2, 0) is 14.6 Å². The van der Waals surface area contributed by atoms with Gasteiger partial charge in [-0.1, -0.05) is 13.8 Å². The summed E-state index contributed by atoms with van der Waals surface area (Å²) in [5, 5.41) is 2.90. The fourth-order valence-corrected chi connectivity index (χ4v) is 3.50. The highest BCUT2D eigenvalue weighted by Gasteiger charge is 2.27. The highest BCUT2D eigenvalue weighted by molar-refractivity contribution is 7.92. The Morgan fingerprint density at radius 1 is 1.33 bits per heavy atom. The molecular formula is C13H27NO3S. The van der Waals surface area contributed by atoms with Crippen molar-refractivity contribution in [3.63, 3.8) is 0 Å². The summed E-state index contributed by atoms with van der Waals surface area (Å²) in [7, 11) is -3.03. The molecule has 1 saturated heterocycles. The monoisotopic (exact) mass is 277 g/mol. The molecule has 2 unspecified atom stereocenters. The van der Waals surface area contributed by atoms with E-state index in [4.69, 9.17) is 4.74 Å². The summed E-state index contributed by atoms with van der Waals surface area (Å²) in [6.07, 6.45) is 2.88. The van der Waals surface area contributed by atoms with Gasteiger partial charge < -0.3 is 10.1 Å². The van der Waals surface area contributed by atoms with Crippen molar-refractivity contribution in [2.45, 2.75) is 51.4 Å². The average molecular weight is 277 g/mol. The van der Waals surface area contributed by atoms with Gasteiger partial charge in [0.2, 0.25) is 0 Å². The third kappa shape index (κ3) is 5.67. The van der Waals surface area contributed by atoms with Gasteiger partial charge in [0.1, 0.15) is 0 Å². The second-order valence-corrected chi connectivity index (χ2v) is 8.13. The summed E-state index contributed by atoms with van der Waals surface area (Å²) in [6.45, 7) is 8.26. The van der Waals surface area contributed by atoms with Gasteiger partial charge in [0.15, 0.2) is 9.84 Å². The molecule has 1 rings (SSSR count). The predicted molar refractivity (Wildman–Crippen MR) is 74.5 cm³/mol. The Morgan fingerprint density at radius 2 is 2.06 bits per heavy atom. The van der Waals surface area contributed by atoms with Crippen molar-refractivity contribution in [2.75, 3.05) is 25.4 Å². The molecule has 0 aromatic carbocycles. The summed E-state index contributed by atoms with van der Waals surface area (Å²) in [4.78, 5) is 0. The summed E-state index contributed by atoms with van der Waals surface area (Å²) < 4.78 is 29.6. The van der Waals surface area contributed by atoms with Crippen LogP contribution in [0.3, 0.4) is 0 Å². The van der Waals surface area contributed by atoms with E-state index in [-0.39, 0.29) is 17.1 Å². The molecule has 0 radical (unpaired) electrons.